The number of hydrogen-bond acceptors (Lipinski definition) is 6. The zero-order valence-electron chi connectivity index (χ0n) is 18.4. The van der Waals surface area contributed by atoms with Crippen molar-refractivity contribution in [3.63, 3.8) is 0 Å². The molecule has 178 valence electrons. The molecule has 1 aromatic heterocycles. The lowest BCUT2D eigenvalue weighted by Crippen LogP contribution is -2.46. The number of pyridine rings is 1. The number of carbonyl (C=O) groups is 2. The summed E-state index contributed by atoms with van der Waals surface area (Å²) in [6.07, 6.45) is 2.69. The molecule has 0 saturated carbocycles. The van der Waals surface area contributed by atoms with Gasteiger partial charge in [-0.25, -0.2) is 4.79 Å². The second-order valence-corrected chi connectivity index (χ2v) is 8.09. The van der Waals surface area contributed by atoms with Crippen LogP contribution in [0.25, 0.3) is 0 Å². The number of phenolic OH excluding ortho intramolecular Hbond substituents is 1. The van der Waals surface area contributed by atoms with E-state index in [0.29, 0.717) is 11.1 Å². The van der Waals surface area contributed by atoms with Gasteiger partial charge in [0.15, 0.2) is 0 Å². The summed E-state index contributed by atoms with van der Waals surface area (Å²) in [5, 5.41) is 20.1. The van der Waals surface area contributed by atoms with Crippen molar-refractivity contribution >= 4 is 35.1 Å². The Morgan fingerprint density at radius 1 is 1.00 bits per heavy atom. The van der Waals surface area contributed by atoms with Gasteiger partial charge in [-0.05, 0) is 29.8 Å². The van der Waals surface area contributed by atoms with Crippen molar-refractivity contribution in [1.82, 2.24) is 9.88 Å². The minimum absolute atomic E-state index is 0.0395. The third-order valence-electron chi connectivity index (χ3n) is 5.21. The van der Waals surface area contributed by atoms with Crippen molar-refractivity contribution in [1.29, 1.82) is 0 Å². The molecule has 10 heteroatoms. The number of aromatic nitrogens is 1. The van der Waals surface area contributed by atoms with E-state index in [0.717, 1.165) is 4.90 Å². The van der Waals surface area contributed by atoms with E-state index in [1.54, 1.807) is 30.3 Å². The van der Waals surface area contributed by atoms with Crippen molar-refractivity contribution in [3.8, 4) is 17.2 Å². The minimum Gasteiger partial charge on any atom is -0.508 e. The standard InChI is InChI=1S/C24H22Cl2N2O6/c1-33-20-4-3-5-21(34-2)22(20)23(30)28(13-16-17(25)11-27-12-18(16)26)19(24(31)32)10-14-6-8-15(29)9-7-14/h3-9,11-12,19,29H,10,13H2,1-2H3,(H,31,32)/t19-/m0/s1. The van der Waals surface area contributed by atoms with Gasteiger partial charge in [0.1, 0.15) is 28.9 Å². The number of carbonyl (C=O) groups excluding carboxylic acids is 1. The quantitative estimate of drug-likeness (QED) is 0.442. The predicted octanol–water partition coefficient (Wildman–Crippen LogP) is 4.45. The van der Waals surface area contributed by atoms with Gasteiger partial charge in [-0.1, -0.05) is 41.4 Å². The van der Waals surface area contributed by atoms with Crippen LogP contribution in [0.1, 0.15) is 21.5 Å². The van der Waals surface area contributed by atoms with E-state index < -0.39 is 17.9 Å². The Balaban J connectivity index is 2.14. The number of methoxy groups -OCH3 is 2. The molecule has 1 heterocycles. The van der Waals surface area contributed by atoms with Crippen LogP contribution in [0.5, 0.6) is 17.2 Å². The molecule has 3 aromatic rings. The first-order valence-electron chi connectivity index (χ1n) is 10.1. The van der Waals surface area contributed by atoms with Crippen LogP contribution < -0.4 is 9.47 Å². The Morgan fingerprint density at radius 2 is 1.56 bits per heavy atom. The molecule has 1 atom stereocenters. The molecule has 0 aliphatic rings. The lowest BCUT2D eigenvalue weighted by atomic mass is 10.0. The molecule has 2 aromatic carbocycles. The van der Waals surface area contributed by atoms with Crippen LogP contribution in [0, 0.1) is 0 Å². The number of aromatic hydroxyl groups is 1. The highest BCUT2D eigenvalue weighted by Crippen LogP contribution is 2.33. The minimum atomic E-state index is -1.31. The topological polar surface area (TPSA) is 109 Å². The first-order valence-corrected chi connectivity index (χ1v) is 10.8. The monoisotopic (exact) mass is 504 g/mol. The fourth-order valence-corrected chi connectivity index (χ4v) is 3.96. The first-order chi connectivity index (χ1) is 16.3. The SMILES string of the molecule is COc1cccc(OC)c1C(=O)N(Cc1c(Cl)cncc1Cl)[C@@H](Cc1ccc(O)cc1)C(=O)O. The summed E-state index contributed by atoms with van der Waals surface area (Å²) < 4.78 is 10.7. The maximum Gasteiger partial charge on any atom is 0.326 e. The van der Waals surface area contributed by atoms with E-state index in [1.165, 1.54) is 38.7 Å². The van der Waals surface area contributed by atoms with Gasteiger partial charge in [-0.2, -0.15) is 0 Å². The van der Waals surface area contributed by atoms with Gasteiger partial charge in [0.25, 0.3) is 5.91 Å². The molecule has 0 fully saturated rings. The molecule has 34 heavy (non-hydrogen) atoms. The summed E-state index contributed by atoms with van der Waals surface area (Å²) in [6.45, 7) is -0.213. The molecule has 8 nitrogen and oxygen atoms in total. The van der Waals surface area contributed by atoms with Crippen molar-refractivity contribution in [2.24, 2.45) is 0 Å². The highest BCUT2D eigenvalue weighted by molar-refractivity contribution is 6.35. The van der Waals surface area contributed by atoms with Gasteiger partial charge in [-0.15, -0.1) is 0 Å². The lowest BCUT2D eigenvalue weighted by Gasteiger charge is -2.31. The Morgan fingerprint density at radius 3 is 2.06 bits per heavy atom. The fourth-order valence-electron chi connectivity index (χ4n) is 3.47. The second kappa shape index (κ2) is 11.1. The molecular formula is C24H22Cl2N2O6. The largest absolute Gasteiger partial charge is 0.508 e. The lowest BCUT2D eigenvalue weighted by molar-refractivity contribution is -0.142. The molecule has 0 spiro atoms. The maximum atomic E-state index is 13.9. The van der Waals surface area contributed by atoms with Gasteiger partial charge >= 0.3 is 5.97 Å². The zero-order valence-corrected chi connectivity index (χ0v) is 19.9. The van der Waals surface area contributed by atoms with Crippen LogP contribution in [0.4, 0.5) is 0 Å². The molecule has 3 rings (SSSR count). The van der Waals surface area contributed by atoms with Crippen molar-refractivity contribution < 1.29 is 29.3 Å². The number of carboxylic acid groups (broad SMARTS) is 1. The number of aliphatic carboxylic acids is 1. The predicted molar refractivity (Wildman–Crippen MR) is 127 cm³/mol. The fraction of sp³-hybridized carbons (Fsp3) is 0.208. The van der Waals surface area contributed by atoms with Crippen LogP contribution in [0.15, 0.2) is 54.9 Å². The van der Waals surface area contributed by atoms with Gasteiger partial charge in [0.05, 0.1) is 24.3 Å². The number of carboxylic acids is 1. The highest BCUT2D eigenvalue weighted by atomic mass is 35.5. The Labute approximate surface area is 206 Å². The van der Waals surface area contributed by atoms with E-state index in [4.69, 9.17) is 32.7 Å². The van der Waals surface area contributed by atoms with Gasteiger partial charge < -0.3 is 24.6 Å². The molecule has 0 radical (unpaired) electrons. The average Bonchev–Trinajstić information content (AvgIpc) is 2.82. The highest BCUT2D eigenvalue weighted by Gasteiger charge is 2.34. The van der Waals surface area contributed by atoms with Crippen LogP contribution >= 0.6 is 23.2 Å². The third-order valence-corrected chi connectivity index (χ3v) is 5.86. The summed E-state index contributed by atoms with van der Waals surface area (Å²) in [4.78, 5) is 31.4. The van der Waals surface area contributed by atoms with Crippen molar-refractivity contribution in [2.45, 2.75) is 19.0 Å². The molecule has 2 N–H and O–H groups in total. The molecule has 0 saturated heterocycles. The maximum absolute atomic E-state index is 13.9. The second-order valence-electron chi connectivity index (χ2n) is 7.28. The zero-order chi connectivity index (χ0) is 24.8. The van der Waals surface area contributed by atoms with Crippen LogP contribution in [0.3, 0.4) is 0 Å². The number of phenols is 1. The number of rotatable bonds is 9. The number of nitrogens with zero attached hydrogens (tertiary/aromatic N) is 2. The van der Waals surface area contributed by atoms with Crippen molar-refractivity contribution in [3.05, 3.63) is 81.6 Å². The van der Waals surface area contributed by atoms with E-state index in [9.17, 15) is 19.8 Å². The number of ether oxygens (including phenoxy) is 2. The Hall–Kier alpha value is -3.49. The number of benzene rings is 2. The Kier molecular flexibility index (Phi) is 8.20. The third kappa shape index (κ3) is 5.52. The summed E-state index contributed by atoms with van der Waals surface area (Å²) in [6, 6.07) is 9.56. The average molecular weight is 505 g/mol. The van der Waals surface area contributed by atoms with Crippen molar-refractivity contribution in [2.75, 3.05) is 14.2 Å². The number of hydrogen-bond donors (Lipinski definition) is 2. The van der Waals surface area contributed by atoms with Gasteiger partial charge in [-0.3, -0.25) is 9.78 Å². The molecular weight excluding hydrogens is 483 g/mol. The first kappa shape index (κ1) is 25.1. The normalized spacial score (nSPS) is 11.5. The van der Waals surface area contributed by atoms with Gasteiger partial charge in [0.2, 0.25) is 0 Å². The van der Waals surface area contributed by atoms with Crippen LogP contribution in [0.2, 0.25) is 10.0 Å². The summed E-state index contributed by atoms with van der Waals surface area (Å²) in [7, 11) is 2.80. The molecule has 0 bridgehead atoms. The molecule has 0 unspecified atom stereocenters. The van der Waals surface area contributed by atoms with Gasteiger partial charge in [0, 0.05) is 30.9 Å². The smallest absolute Gasteiger partial charge is 0.326 e. The summed E-state index contributed by atoms with van der Waals surface area (Å²) in [5.41, 5.74) is 1.00. The summed E-state index contributed by atoms with van der Waals surface area (Å²) in [5.74, 6) is -1.41. The molecule has 0 aliphatic carbocycles. The van der Waals surface area contributed by atoms with E-state index in [2.05, 4.69) is 4.98 Å². The Bertz CT molecular complexity index is 1140. The number of amides is 1. The van der Waals surface area contributed by atoms with Crippen LogP contribution in [-0.4, -0.2) is 52.2 Å². The summed E-state index contributed by atoms with van der Waals surface area (Å²) >= 11 is 12.6. The molecule has 1 amide bonds. The van der Waals surface area contributed by atoms with E-state index in [-0.39, 0.29) is 45.8 Å². The van der Waals surface area contributed by atoms with E-state index in [1.807, 2.05) is 0 Å². The van der Waals surface area contributed by atoms with E-state index >= 15 is 0 Å². The number of halogens is 2. The van der Waals surface area contributed by atoms with Crippen LogP contribution in [-0.2, 0) is 17.8 Å². The molecule has 0 aliphatic heterocycles.